The van der Waals surface area contributed by atoms with Gasteiger partial charge in [-0.25, -0.2) is 18.1 Å². The summed E-state index contributed by atoms with van der Waals surface area (Å²) in [5.41, 5.74) is -0.847. The van der Waals surface area contributed by atoms with Crippen LogP contribution in [0.25, 0.3) is 0 Å². The van der Waals surface area contributed by atoms with E-state index in [-0.39, 0.29) is 11.4 Å². The molecule has 0 atom stereocenters. The number of aryl methyl sites for hydroxylation is 1. The van der Waals surface area contributed by atoms with Gasteiger partial charge in [-0.2, -0.15) is 0 Å². The van der Waals surface area contributed by atoms with Crippen LogP contribution in [0.15, 0.2) is 17.6 Å². The Morgan fingerprint density at radius 1 is 1.58 bits per heavy atom. The first-order chi connectivity index (χ1) is 8.87. The van der Waals surface area contributed by atoms with E-state index in [0.717, 1.165) is 6.42 Å². The van der Waals surface area contributed by atoms with Gasteiger partial charge in [0.15, 0.2) is 5.03 Å². The molecule has 106 valence electrons. The Kier molecular flexibility index (Phi) is 3.64. The van der Waals surface area contributed by atoms with Crippen LogP contribution in [-0.2, 0) is 21.4 Å². The smallest absolute Gasteiger partial charge is 0.305 e. The molecule has 0 saturated heterocycles. The number of aliphatic carboxylic acids is 1. The number of carboxylic acid groups (broad SMARTS) is 1. The Morgan fingerprint density at radius 2 is 2.26 bits per heavy atom. The zero-order valence-electron chi connectivity index (χ0n) is 10.7. The molecule has 0 aliphatic heterocycles. The highest BCUT2D eigenvalue weighted by atomic mass is 32.2. The number of imidazole rings is 1. The second kappa shape index (κ2) is 4.93. The van der Waals surface area contributed by atoms with Crippen molar-refractivity contribution in [2.24, 2.45) is 0 Å². The largest absolute Gasteiger partial charge is 0.481 e. The summed E-state index contributed by atoms with van der Waals surface area (Å²) in [7, 11) is -3.76. The van der Waals surface area contributed by atoms with E-state index in [4.69, 9.17) is 5.11 Å². The molecule has 0 aromatic carbocycles. The van der Waals surface area contributed by atoms with Gasteiger partial charge < -0.3 is 9.67 Å². The van der Waals surface area contributed by atoms with E-state index in [1.54, 1.807) is 4.57 Å². The van der Waals surface area contributed by atoms with Crippen molar-refractivity contribution in [1.82, 2.24) is 14.3 Å². The van der Waals surface area contributed by atoms with Crippen molar-refractivity contribution in [2.75, 3.05) is 0 Å². The van der Waals surface area contributed by atoms with Gasteiger partial charge in [-0.05, 0) is 26.2 Å². The number of rotatable bonds is 6. The van der Waals surface area contributed by atoms with Gasteiger partial charge in [-0.15, -0.1) is 0 Å². The predicted molar refractivity (Wildman–Crippen MR) is 67.1 cm³/mol. The first kappa shape index (κ1) is 14.0. The fourth-order valence-electron chi connectivity index (χ4n) is 2.20. The van der Waals surface area contributed by atoms with E-state index in [1.807, 2.05) is 6.92 Å². The lowest BCUT2D eigenvalue weighted by Crippen LogP contribution is -2.54. The third kappa shape index (κ3) is 2.95. The Bertz CT molecular complexity index is 575. The number of hydrogen-bond donors (Lipinski definition) is 2. The van der Waals surface area contributed by atoms with Crippen LogP contribution < -0.4 is 4.72 Å². The summed E-state index contributed by atoms with van der Waals surface area (Å²) in [6.45, 7) is 2.51. The van der Waals surface area contributed by atoms with Gasteiger partial charge in [-0.1, -0.05) is 0 Å². The quantitative estimate of drug-likeness (QED) is 0.797. The zero-order chi connectivity index (χ0) is 14.1. The van der Waals surface area contributed by atoms with E-state index in [2.05, 4.69) is 9.71 Å². The molecule has 1 aromatic heterocycles. The molecule has 1 aliphatic rings. The highest BCUT2D eigenvalue weighted by Crippen LogP contribution is 2.36. The van der Waals surface area contributed by atoms with Gasteiger partial charge in [0, 0.05) is 18.3 Å². The third-order valence-electron chi connectivity index (χ3n) is 3.40. The van der Waals surface area contributed by atoms with Crippen molar-refractivity contribution < 1.29 is 18.3 Å². The molecule has 1 saturated carbocycles. The summed E-state index contributed by atoms with van der Waals surface area (Å²) in [5, 5.41) is 8.81. The summed E-state index contributed by atoms with van der Waals surface area (Å²) in [4.78, 5) is 14.7. The van der Waals surface area contributed by atoms with Crippen molar-refractivity contribution in [3.63, 3.8) is 0 Å². The van der Waals surface area contributed by atoms with Crippen LogP contribution in [0.5, 0.6) is 0 Å². The minimum Gasteiger partial charge on any atom is -0.481 e. The monoisotopic (exact) mass is 287 g/mol. The van der Waals surface area contributed by atoms with E-state index in [9.17, 15) is 13.2 Å². The molecule has 2 rings (SSSR count). The molecule has 1 fully saturated rings. The fourth-order valence-corrected chi connectivity index (χ4v) is 3.61. The molecule has 19 heavy (non-hydrogen) atoms. The van der Waals surface area contributed by atoms with Crippen LogP contribution in [0.1, 0.15) is 32.6 Å². The number of nitrogens with zero attached hydrogens (tertiary/aromatic N) is 2. The zero-order valence-corrected chi connectivity index (χ0v) is 11.5. The van der Waals surface area contributed by atoms with Gasteiger partial charge in [-0.3, -0.25) is 4.79 Å². The van der Waals surface area contributed by atoms with Crippen molar-refractivity contribution in [3.8, 4) is 0 Å². The SMILES string of the molecule is CCn1cnc(S(=O)(=O)NC2(CC(=O)O)CCC2)c1. The van der Waals surface area contributed by atoms with Crippen LogP contribution >= 0.6 is 0 Å². The molecule has 1 aliphatic carbocycles. The second-order valence-corrected chi connectivity index (χ2v) is 6.48. The average Bonchev–Trinajstić information content (AvgIpc) is 2.74. The molecule has 0 radical (unpaired) electrons. The summed E-state index contributed by atoms with van der Waals surface area (Å²) >= 11 is 0. The standard InChI is InChI=1S/C11H17N3O4S/c1-2-14-7-9(12-8-14)19(17,18)13-11(4-3-5-11)6-10(15)16/h7-8,13H,2-6H2,1H3,(H,15,16). The van der Waals surface area contributed by atoms with Crippen LogP contribution in [0.2, 0.25) is 0 Å². The second-order valence-electron chi connectivity index (χ2n) is 4.85. The van der Waals surface area contributed by atoms with Gasteiger partial charge >= 0.3 is 5.97 Å². The van der Waals surface area contributed by atoms with Gasteiger partial charge in [0.25, 0.3) is 10.0 Å². The molecule has 1 heterocycles. The summed E-state index contributed by atoms with van der Waals surface area (Å²) in [6, 6.07) is 0. The van der Waals surface area contributed by atoms with Gasteiger partial charge in [0.2, 0.25) is 0 Å². The molecule has 2 N–H and O–H groups in total. The van der Waals surface area contributed by atoms with Crippen LogP contribution in [0.4, 0.5) is 0 Å². The van der Waals surface area contributed by atoms with E-state index < -0.39 is 21.5 Å². The third-order valence-corrected chi connectivity index (χ3v) is 4.86. The van der Waals surface area contributed by atoms with Crippen molar-refractivity contribution in [3.05, 3.63) is 12.5 Å². The maximum atomic E-state index is 12.2. The highest BCUT2D eigenvalue weighted by Gasteiger charge is 2.43. The summed E-state index contributed by atoms with van der Waals surface area (Å²) < 4.78 is 28.5. The average molecular weight is 287 g/mol. The Morgan fingerprint density at radius 3 is 2.68 bits per heavy atom. The first-order valence-corrected chi connectivity index (χ1v) is 7.63. The van der Waals surface area contributed by atoms with Crippen molar-refractivity contribution in [1.29, 1.82) is 0 Å². The highest BCUT2D eigenvalue weighted by molar-refractivity contribution is 7.89. The van der Waals surface area contributed by atoms with Gasteiger partial charge in [0.1, 0.15) is 0 Å². The van der Waals surface area contributed by atoms with Crippen molar-refractivity contribution >= 4 is 16.0 Å². The number of carboxylic acids is 1. The number of nitrogens with one attached hydrogen (secondary N) is 1. The minimum absolute atomic E-state index is 0.0639. The lowest BCUT2D eigenvalue weighted by Gasteiger charge is -2.40. The van der Waals surface area contributed by atoms with E-state index in [0.29, 0.717) is 19.4 Å². The molecular formula is C11H17N3O4S. The maximum Gasteiger partial charge on any atom is 0.305 e. The number of aromatic nitrogens is 2. The lowest BCUT2D eigenvalue weighted by atomic mass is 9.75. The number of hydrogen-bond acceptors (Lipinski definition) is 4. The Hall–Kier alpha value is -1.41. The van der Waals surface area contributed by atoms with Gasteiger partial charge in [0.05, 0.1) is 12.7 Å². The van der Waals surface area contributed by atoms with Crippen molar-refractivity contribution in [2.45, 2.75) is 49.7 Å². The molecule has 8 heteroatoms. The van der Waals surface area contributed by atoms with Crippen LogP contribution in [0.3, 0.4) is 0 Å². The lowest BCUT2D eigenvalue weighted by molar-refractivity contribution is -0.139. The summed E-state index contributed by atoms with van der Waals surface area (Å²) in [6.07, 6.45) is 4.62. The molecule has 0 unspecified atom stereocenters. The molecular weight excluding hydrogens is 270 g/mol. The maximum absolute atomic E-state index is 12.2. The van der Waals surface area contributed by atoms with E-state index >= 15 is 0 Å². The molecule has 0 spiro atoms. The molecule has 0 bridgehead atoms. The fraction of sp³-hybridized carbons (Fsp3) is 0.636. The molecule has 0 amide bonds. The first-order valence-electron chi connectivity index (χ1n) is 6.14. The predicted octanol–water partition coefficient (Wildman–Crippen LogP) is 0.579. The molecule has 7 nitrogen and oxygen atoms in total. The number of carbonyl (C=O) groups is 1. The van der Waals surface area contributed by atoms with E-state index in [1.165, 1.54) is 12.5 Å². The topological polar surface area (TPSA) is 101 Å². The minimum atomic E-state index is -3.76. The Balaban J connectivity index is 2.18. The van der Waals surface area contributed by atoms with Crippen LogP contribution in [0, 0.1) is 0 Å². The molecule has 1 aromatic rings. The van der Waals surface area contributed by atoms with Crippen LogP contribution in [-0.4, -0.2) is 34.6 Å². The summed E-state index contributed by atoms with van der Waals surface area (Å²) in [5.74, 6) is -0.999. The Labute approximate surface area is 111 Å². The number of sulfonamides is 1. The normalized spacial score (nSPS) is 17.9.